The minimum absolute atomic E-state index is 0.166. The SMILES string of the molecule is CCCCN(CC(=O)Nc1cc(-c2ccccc2)nn1-c1ccc(C)cc1C)C(=O)c1cccc([N+](=O)[O-])c1. The average Bonchev–Trinajstić information content (AvgIpc) is 3.34. The molecule has 0 fully saturated rings. The van der Waals surface area contributed by atoms with Crippen molar-refractivity contribution >= 4 is 23.3 Å². The molecular weight excluding hydrogens is 494 g/mol. The molecule has 3 aromatic carbocycles. The minimum atomic E-state index is -0.543. The number of amides is 2. The van der Waals surface area contributed by atoms with E-state index in [1.54, 1.807) is 4.68 Å². The van der Waals surface area contributed by atoms with E-state index >= 15 is 0 Å². The fourth-order valence-electron chi connectivity index (χ4n) is 4.34. The lowest BCUT2D eigenvalue weighted by molar-refractivity contribution is -0.384. The number of nitro benzene ring substituents is 1. The summed E-state index contributed by atoms with van der Waals surface area (Å²) in [7, 11) is 0. The van der Waals surface area contributed by atoms with E-state index in [2.05, 4.69) is 11.4 Å². The van der Waals surface area contributed by atoms with Crippen LogP contribution in [0, 0.1) is 24.0 Å². The summed E-state index contributed by atoms with van der Waals surface area (Å²) in [4.78, 5) is 38.7. The molecule has 0 unspecified atom stereocenters. The first-order valence-corrected chi connectivity index (χ1v) is 12.8. The van der Waals surface area contributed by atoms with Gasteiger partial charge in [0.15, 0.2) is 0 Å². The number of rotatable bonds is 10. The molecule has 0 saturated heterocycles. The van der Waals surface area contributed by atoms with Crippen LogP contribution in [0.3, 0.4) is 0 Å². The van der Waals surface area contributed by atoms with E-state index in [0.717, 1.165) is 28.8 Å². The topological polar surface area (TPSA) is 110 Å². The summed E-state index contributed by atoms with van der Waals surface area (Å²) >= 11 is 0. The van der Waals surface area contributed by atoms with E-state index in [1.807, 2.05) is 69.3 Å². The van der Waals surface area contributed by atoms with Gasteiger partial charge >= 0.3 is 0 Å². The number of nitrogens with zero attached hydrogens (tertiary/aromatic N) is 4. The van der Waals surface area contributed by atoms with Crippen LogP contribution >= 0.6 is 0 Å². The summed E-state index contributed by atoms with van der Waals surface area (Å²) < 4.78 is 1.70. The number of nitrogens with one attached hydrogen (secondary N) is 1. The van der Waals surface area contributed by atoms with E-state index in [9.17, 15) is 19.7 Å². The number of carbonyl (C=O) groups is 2. The predicted octanol–water partition coefficient (Wildman–Crippen LogP) is 5.95. The summed E-state index contributed by atoms with van der Waals surface area (Å²) in [5.41, 5.74) is 4.53. The van der Waals surface area contributed by atoms with Crippen LogP contribution in [0.4, 0.5) is 11.5 Å². The van der Waals surface area contributed by atoms with Gasteiger partial charge in [0.1, 0.15) is 12.4 Å². The van der Waals surface area contributed by atoms with Crippen LogP contribution < -0.4 is 5.32 Å². The zero-order valence-corrected chi connectivity index (χ0v) is 22.3. The highest BCUT2D eigenvalue weighted by Gasteiger charge is 2.22. The molecule has 0 spiro atoms. The Morgan fingerprint density at radius 3 is 2.46 bits per heavy atom. The number of benzene rings is 3. The van der Waals surface area contributed by atoms with Crippen LogP contribution in [0.15, 0.2) is 78.9 Å². The number of nitro groups is 1. The first-order valence-electron chi connectivity index (χ1n) is 12.8. The average molecular weight is 526 g/mol. The Morgan fingerprint density at radius 1 is 1.00 bits per heavy atom. The Morgan fingerprint density at radius 2 is 1.77 bits per heavy atom. The lowest BCUT2D eigenvalue weighted by atomic mass is 10.1. The van der Waals surface area contributed by atoms with E-state index in [1.165, 1.54) is 29.2 Å². The van der Waals surface area contributed by atoms with Crippen molar-refractivity contribution < 1.29 is 14.5 Å². The summed E-state index contributed by atoms with van der Waals surface area (Å²) in [5, 5.41) is 18.9. The largest absolute Gasteiger partial charge is 0.329 e. The number of anilines is 1. The van der Waals surface area contributed by atoms with Gasteiger partial charge in [0, 0.05) is 35.9 Å². The van der Waals surface area contributed by atoms with Gasteiger partial charge in [0.05, 0.1) is 16.3 Å². The summed E-state index contributed by atoms with van der Waals surface area (Å²) in [5.74, 6) is -0.352. The smallest absolute Gasteiger partial charge is 0.270 e. The van der Waals surface area contributed by atoms with Crippen molar-refractivity contribution in [2.45, 2.75) is 33.6 Å². The van der Waals surface area contributed by atoms with Gasteiger partial charge in [-0.05, 0) is 38.0 Å². The molecule has 2 amide bonds. The summed E-state index contributed by atoms with van der Waals surface area (Å²) in [6, 6.07) is 23.0. The van der Waals surface area contributed by atoms with Gasteiger partial charge < -0.3 is 10.2 Å². The number of aryl methyl sites for hydroxylation is 2. The number of unbranched alkanes of at least 4 members (excludes halogenated alkanes) is 1. The molecule has 9 nitrogen and oxygen atoms in total. The first-order chi connectivity index (χ1) is 18.8. The third kappa shape index (κ3) is 6.56. The second kappa shape index (κ2) is 12.2. The Balaban J connectivity index is 1.63. The Labute approximate surface area is 227 Å². The molecule has 0 saturated carbocycles. The molecule has 0 aliphatic rings. The molecule has 0 bridgehead atoms. The monoisotopic (exact) mass is 525 g/mol. The molecule has 0 atom stereocenters. The zero-order valence-electron chi connectivity index (χ0n) is 22.3. The van der Waals surface area contributed by atoms with Crippen molar-refractivity contribution in [3.8, 4) is 16.9 Å². The van der Waals surface area contributed by atoms with E-state index in [4.69, 9.17) is 5.10 Å². The lowest BCUT2D eigenvalue weighted by Crippen LogP contribution is -2.39. The van der Waals surface area contributed by atoms with E-state index in [-0.39, 0.29) is 17.8 Å². The maximum Gasteiger partial charge on any atom is 0.270 e. The normalized spacial score (nSPS) is 10.7. The predicted molar refractivity (Wildman–Crippen MR) is 151 cm³/mol. The fourth-order valence-corrected chi connectivity index (χ4v) is 4.34. The van der Waals surface area contributed by atoms with Gasteiger partial charge in [0.25, 0.3) is 11.6 Å². The maximum atomic E-state index is 13.3. The molecule has 4 aromatic rings. The molecule has 39 heavy (non-hydrogen) atoms. The Bertz CT molecular complexity index is 1500. The Hall–Kier alpha value is -4.79. The number of non-ortho nitro benzene ring substituents is 1. The second-order valence-corrected chi connectivity index (χ2v) is 9.42. The highest BCUT2D eigenvalue weighted by Crippen LogP contribution is 2.27. The third-order valence-corrected chi connectivity index (χ3v) is 6.33. The van der Waals surface area contributed by atoms with Crippen molar-refractivity contribution in [3.63, 3.8) is 0 Å². The molecular formula is C30H31N5O4. The molecule has 1 N–H and O–H groups in total. The van der Waals surface area contributed by atoms with Crippen LogP contribution in [0.25, 0.3) is 16.9 Å². The highest BCUT2D eigenvalue weighted by atomic mass is 16.6. The number of hydrogen-bond donors (Lipinski definition) is 1. The van der Waals surface area contributed by atoms with Crippen molar-refractivity contribution in [1.29, 1.82) is 0 Å². The van der Waals surface area contributed by atoms with Gasteiger partial charge in [-0.3, -0.25) is 19.7 Å². The molecule has 0 aliphatic carbocycles. The van der Waals surface area contributed by atoms with Gasteiger partial charge in [-0.15, -0.1) is 0 Å². The number of aromatic nitrogens is 2. The van der Waals surface area contributed by atoms with E-state index < -0.39 is 16.7 Å². The summed E-state index contributed by atoms with van der Waals surface area (Å²) in [6.45, 7) is 6.13. The van der Waals surface area contributed by atoms with Crippen LogP contribution in [0.2, 0.25) is 0 Å². The molecule has 0 aliphatic heterocycles. The van der Waals surface area contributed by atoms with Crippen molar-refractivity contribution in [2.24, 2.45) is 0 Å². The second-order valence-electron chi connectivity index (χ2n) is 9.42. The van der Waals surface area contributed by atoms with Gasteiger partial charge in [0.2, 0.25) is 5.91 Å². The van der Waals surface area contributed by atoms with Crippen molar-refractivity contribution in [2.75, 3.05) is 18.4 Å². The number of carbonyl (C=O) groups excluding carboxylic acids is 2. The molecule has 1 aromatic heterocycles. The molecule has 9 heteroatoms. The zero-order chi connectivity index (χ0) is 27.9. The minimum Gasteiger partial charge on any atom is -0.329 e. The quantitative estimate of drug-likeness (QED) is 0.203. The van der Waals surface area contributed by atoms with Crippen LogP contribution in [-0.4, -0.2) is 44.5 Å². The highest BCUT2D eigenvalue weighted by molar-refractivity contribution is 5.99. The van der Waals surface area contributed by atoms with Gasteiger partial charge in [-0.2, -0.15) is 5.10 Å². The molecule has 4 rings (SSSR count). The molecule has 1 heterocycles. The standard InChI is InChI=1S/C30H31N5O4/c1-4-5-16-33(30(37)24-12-9-13-25(18-24)35(38)39)20-29(36)31-28-19-26(23-10-7-6-8-11-23)32-34(28)27-15-14-21(2)17-22(27)3/h6-15,17-19H,4-5,16,20H2,1-3H3,(H,31,36). The first kappa shape index (κ1) is 27.3. The molecule has 0 radical (unpaired) electrons. The fraction of sp³-hybridized carbons (Fsp3) is 0.233. The van der Waals surface area contributed by atoms with Crippen LogP contribution in [-0.2, 0) is 4.79 Å². The van der Waals surface area contributed by atoms with Gasteiger partial charge in [-0.1, -0.05) is 67.4 Å². The molecule has 200 valence electrons. The van der Waals surface area contributed by atoms with Crippen molar-refractivity contribution in [1.82, 2.24) is 14.7 Å². The van der Waals surface area contributed by atoms with Crippen molar-refractivity contribution in [3.05, 3.63) is 106 Å². The van der Waals surface area contributed by atoms with Gasteiger partial charge in [-0.25, -0.2) is 4.68 Å². The van der Waals surface area contributed by atoms with Crippen LogP contribution in [0.1, 0.15) is 41.3 Å². The van der Waals surface area contributed by atoms with Crippen LogP contribution in [0.5, 0.6) is 0 Å². The Kier molecular flexibility index (Phi) is 8.50. The third-order valence-electron chi connectivity index (χ3n) is 6.33. The summed E-state index contributed by atoms with van der Waals surface area (Å²) in [6.07, 6.45) is 1.51. The maximum absolute atomic E-state index is 13.3. The number of hydrogen-bond acceptors (Lipinski definition) is 5. The lowest BCUT2D eigenvalue weighted by Gasteiger charge is -2.22. The van der Waals surface area contributed by atoms with E-state index in [0.29, 0.717) is 24.5 Å².